The summed E-state index contributed by atoms with van der Waals surface area (Å²) in [5.41, 5.74) is 0.985. The number of fused-ring (bicyclic) bond motifs is 1. The molecule has 0 fully saturated rings. The minimum Gasteiger partial charge on any atom is -0.366 e. The fraction of sp³-hybridized carbons (Fsp3) is 0.500. The van der Waals surface area contributed by atoms with Crippen LogP contribution in [-0.4, -0.2) is 24.3 Å². The highest BCUT2D eigenvalue weighted by Crippen LogP contribution is 2.32. The SMILES string of the molecule is CCCCN(c1cc2c(cc1F)C(=O)C(=O)N2)C(C)CC. The normalized spacial score (nSPS) is 14.9. The molecule has 1 N–H and O–H groups in total. The number of carbonyl (C=O) groups is 2. The van der Waals surface area contributed by atoms with Gasteiger partial charge < -0.3 is 10.2 Å². The van der Waals surface area contributed by atoms with Crippen molar-refractivity contribution in [1.29, 1.82) is 0 Å². The number of halogens is 1. The van der Waals surface area contributed by atoms with Crippen LogP contribution in [0.25, 0.3) is 0 Å². The average molecular weight is 292 g/mol. The maximum atomic E-state index is 14.4. The molecular weight excluding hydrogens is 271 g/mol. The third kappa shape index (κ3) is 2.91. The van der Waals surface area contributed by atoms with Crippen molar-refractivity contribution in [2.24, 2.45) is 0 Å². The van der Waals surface area contributed by atoms with Crippen LogP contribution in [0.1, 0.15) is 50.4 Å². The van der Waals surface area contributed by atoms with Gasteiger partial charge in [-0.1, -0.05) is 20.3 Å². The number of Topliss-reactive ketones (excluding diaryl/α,β-unsaturated/α-hetero) is 1. The van der Waals surface area contributed by atoms with Crippen molar-refractivity contribution in [2.45, 2.75) is 46.1 Å². The van der Waals surface area contributed by atoms with Crippen molar-refractivity contribution in [2.75, 3.05) is 16.8 Å². The van der Waals surface area contributed by atoms with Crippen molar-refractivity contribution in [1.82, 2.24) is 0 Å². The number of ketones is 1. The van der Waals surface area contributed by atoms with E-state index in [0.29, 0.717) is 11.4 Å². The van der Waals surface area contributed by atoms with E-state index < -0.39 is 17.5 Å². The number of unbranched alkanes of at least 4 members (excludes halogenated alkanes) is 1. The molecule has 1 aliphatic heterocycles. The minimum absolute atomic E-state index is 0.126. The van der Waals surface area contributed by atoms with Crippen molar-refractivity contribution in [3.63, 3.8) is 0 Å². The Morgan fingerprint density at radius 2 is 2.00 bits per heavy atom. The van der Waals surface area contributed by atoms with Crippen molar-refractivity contribution < 1.29 is 14.0 Å². The second-order valence-electron chi connectivity index (χ2n) is 5.44. The molecule has 1 aromatic carbocycles. The predicted octanol–water partition coefficient (Wildman–Crippen LogP) is 3.37. The molecule has 0 saturated heterocycles. The molecule has 0 spiro atoms. The zero-order valence-corrected chi connectivity index (χ0v) is 12.7. The van der Waals surface area contributed by atoms with E-state index in [1.807, 2.05) is 11.8 Å². The van der Waals surface area contributed by atoms with Gasteiger partial charge in [-0.3, -0.25) is 9.59 Å². The first-order chi connectivity index (χ1) is 9.99. The van der Waals surface area contributed by atoms with Gasteiger partial charge in [0.15, 0.2) is 0 Å². The Hall–Kier alpha value is -1.91. The minimum atomic E-state index is -0.690. The van der Waals surface area contributed by atoms with Gasteiger partial charge in [0.2, 0.25) is 0 Å². The van der Waals surface area contributed by atoms with Gasteiger partial charge in [0.05, 0.1) is 16.9 Å². The molecular formula is C16H21FN2O2. The first kappa shape index (κ1) is 15.5. The lowest BCUT2D eigenvalue weighted by Crippen LogP contribution is -2.34. The van der Waals surface area contributed by atoms with Gasteiger partial charge in [0.25, 0.3) is 11.7 Å². The van der Waals surface area contributed by atoms with Crippen LogP contribution in [0.15, 0.2) is 12.1 Å². The molecule has 1 aromatic rings. The quantitative estimate of drug-likeness (QED) is 0.818. The number of nitrogens with one attached hydrogen (secondary N) is 1. The van der Waals surface area contributed by atoms with Gasteiger partial charge in [0, 0.05) is 12.6 Å². The van der Waals surface area contributed by atoms with Crippen LogP contribution in [0.5, 0.6) is 0 Å². The monoisotopic (exact) mass is 292 g/mol. The predicted molar refractivity (Wildman–Crippen MR) is 81.4 cm³/mol. The molecule has 1 aliphatic rings. The topological polar surface area (TPSA) is 49.4 Å². The lowest BCUT2D eigenvalue weighted by Gasteiger charge is -2.31. The van der Waals surface area contributed by atoms with E-state index in [0.717, 1.165) is 25.8 Å². The van der Waals surface area contributed by atoms with E-state index in [2.05, 4.69) is 19.2 Å². The number of nitrogens with zero attached hydrogens (tertiary/aromatic N) is 1. The molecule has 4 nitrogen and oxygen atoms in total. The van der Waals surface area contributed by atoms with Crippen LogP contribution in [0.4, 0.5) is 15.8 Å². The fourth-order valence-corrected chi connectivity index (χ4v) is 2.50. The molecule has 1 heterocycles. The van der Waals surface area contributed by atoms with E-state index in [-0.39, 0.29) is 11.6 Å². The third-order valence-corrected chi connectivity index (χ3v) is 3.97. The van der Waals surface area contributed by atoms with Gasteiger partial charge in [0.1, 0.15) is 5.82 Å². The second kappa shape index (κ2) is 6.24. The molecule has 21 heavy (non-hydrogen) atoms. The zero-order chi connectivity index (χ0) is 15.6. The summed E-state index contributed by atoms with van der Waals surface area (Å²) in [4.78, 5) is 25.0. The maximum Gasteiger partial charge on any atom is 0.296 e. The number of benzene rings is 1. The summed E-state index contributed by atoms with van der Waals surface area (Å²) < 4.78 is 14.4. The van der Waals surface area contributed by atoms with Crippen LogP contribution in [0, 0.1) is 5.82 Å². The summed E-state index contributed by atoms with van der Waals surface area (Å²) >= 11 is 0. The first-order valence-corrected chi connectivity index (χ1v) is 7.45. The summed E-state index contributed by atoms with van der Waals surface area (Å²) in [5.74, 6) is -1.81. The lowest BCUT2D eigenvalue weighted by atomic mass is 10.1. The number of hydrogen-bond acceptors (Lipinski definition) is 3. The zero-order valence-electron chi connectivity index (χ0n) is 12.7. The van der Waals surface area contributed by atoms with Gasteiger partial charge in [-0.2, -0.15) is 0 Å². The van der Waals surface area contributed by atoms with Gasteiger partial charge in [-0.05, 0) is 31.9 Å². The number of carbonyl (C=O) groups excluding carboxylic acids is 2. The molecule has 1 atom stereocenters. The summed E-state index contributed by atoms with van der Waals surface area (Å²) in [6.45, 7) is 6.95. The van der Waals surface area contributed by atoms with Crippen LogP contribution in [0.2, 0.25) is 0 Å². The highest BCUT2D eigenvalue weighted by molar-refractivity contribution is 6.51. The van der Waals surface area contributed by atoms with E-state index in [1.165, 1.54) is 6.07 Å². The van der Waals surface area contributed by atoms with Crippen LogP contribution >= 0.6 is 0 Å². The van der Waals surface area contributed by atoms with E-state index >= 15 is 0 Å². The average Bonchev–Trinajstić information content (AvgIpc) is 2.74. The largest absolute Gasteiger partial charge is 0.366 e. The van der Waals surface area contributed by atoms with E-state index in [4.69, 9.17) is 0 Å². The lowest BCUT2D eigenvalue weighted by molar-refractivity contribution is -0.112. The smallest absolute Gasteiger partial charge is 0.296 e. The standard InChI is InChI=1S/C16H21FN2O2/c1-4-6-7-19(10(3)5-2)14-9-13-11(8-12(14)17)15(20)16(21)18-13/h8-10H,4-7H2,1-3H3,(H,18,20,21). The van der Waals surface area contributed by atoms with Crippen molar-refractivity contribution in [3.8, 4) is 0 Å². The van der Waals surface area contributed by atoms with Gasteiger partial charge in [-0.15, -0.1) is 0 Å². The van der Waals surface area contributed by atoms with Crippen molar-refractivity contribution >= 4 is 23.1 Å². The van der Waals surface area contributed by atoms with Crippen LogP contribution in [-0.2, 0) is 4.79 Å². The number of anilines is 2. The molecule has 0 radical (unpaired) electrons. The number of amides is 1. The van der Waals surface area contributed by atoms with Crippen molar-refractivity contribution in [3.05, 3.63) is 23.5 Å². The molecule has 114 valence electrons. The highest BCUT2D eigenvalue weighted by Gasteiger charge is 2.30. The first-order valence-electron chi connectivity index (χ1n) is 7.45. The number of hydrogen-bond donors (Lipinski definition) is 1. The molecule has 0 aliphatic carbocycles. The Balaban J connectivity index is 2.40. The Morgan fingerprint density at radius 3 is 2.62 bits per heavy atom. The maximum absolute atomic E-state index is 14.4. The second-order valence-corrected chi connectivity index (χ2v) is 5.44. The Bertz CT molecular complexity index is 572. The Labute approximate surface area is 124 Å². The summed E-state index contributed by atoms with van der Waals surface area (Å²) in [6, 6.07) is 2.94. The molecule has 0 saturated carbocycles. The molecule has 1 amide bonds. The number of rotatable bonds is 6. The molecule has 2 rings (SSSR count). The van der Waals surface area contributed by atoms with Gasteiger partial charge >= 0.3 is 0 Å². The Kier molecular flexibility index (Phi) is 4.60. The summed E-state index contributed by atoms with van der Waals surface area (Å²) in [6.07, 6.45) is 2.88. The third-order valence-electron chi connectivity index (χ3n) is 3.97. The molecule has 1 unspecified atom stereocenters. The van der Waals surface area contributed by atoms with Crippen LogP contribution in [0.3, 0.4) is 0 Å². The molecule has 5 heteroatoms. The Morgan fingerprint density at radius 1 is 1.29 bits per heavy atom. The molecule has 0 aromatic heterocycles. The van der Waals surface area contributed by atoms with Gasteiger partial charge in [-0.25, -0.2) is 4.39 Å². The van der Waals surface area contributed by atoms with E-state index in [9.17, 15) is 14.0 Å². The molecule has 0 bridgehead atoms. The summed E-state index contributed by atoms with van der Waals surface area (Å²) in [7, 11) is 0. The summed E-state index contributed by atoms with van der Waals surface area (Å²) in [5, 5.41) is 2.50. The fourth-order valence-electron chi connectivity index (χ4n) is 2.50. The van der Waals surface area contributed by atoms with E-state index in [1.54, 1.807) is 6.07 Å². The highest BCUT2D eigenvalue weighted by atomic mass is 19.1. The van der Waals surface area contributed by atoms with Crippen LogP contribution < -0.4 is 10.2 Å².